The molecule has 24 heteroatoms. The molecule has 0 aliphatic carbocycles. The Balaban J connectivity index is -0.000000242. The standard InChI is InChI=1S/3C25H22P2.2C3H7NO.4Ag.8S.2W/c3*1-5-13-22(14-6-1)26(23-15-7-2-8-16-23)21-27(24-17-9-3-10-18-24)25-19-11-4-12-20-25;2*1-4(2)3-5;;;;;;;;;;;;;;/h3*1-20H,21H2;2*3H,1-2H3;;;;;;;;;;;;;;/q;;;;;4*+1;8*-2;;/p+6. The summed E-state index contributed by atoms with van der Waals surface area (Å²) in [7, 11) is 1.67. The van der Waals surface area contributed by atoms with Gasteiger partial charge in [-0.1, -0.05) is 218 Å². The summed E-state index contributed by atoms with van der Waals surface area (Å²) in [5.41, 5.74) is 0. The van der Waals surface area contributed by atoms with Gasteiger partial charge in [-0.2, -0.15) is 0 Å². The minimum Gasteiger partial charge on any atom is -2.00 e. The van der Waals surface area contributed by atoms with Crippen molar-refractivity contribution in [1.82, 2.24) is 9.80 Å². The third kappa shape index (κ3) is 41.8. The van der Waals surface area contributed by atoms with Crippen molar-refractivity contribution in [1.29, 1.82) is 0 Å². The molecule has 0 bridgehead atoms. The Hall–Kier alpha value is -0.702. The van der Waals surface area contributed by atoms with Gasteiger partial charge in [-0.3, -0.25) is 9.59 Å². The van der Waals surface area contributed by atoms with E-state index in [9.17, 15) is 9.59 Å². The van der Waals surface area contributed by atoms with Crippen molar-refractivity contribution < 1.29 is 141 Å². The first-order chi connectivity index (χ1) is 44.8. The zero-order valence-electron chi connectivity index (χ0n) is 57.9. The molecule has 0 unspecified atom stereocenters. The van der Waals surface area contributed by atoms with Gasteiger partial charge in [-0.25, -0.2) is 0 Å². The molecule has 2 amide bonds. The van der Waals surface area contributed by atoms with Gasteiger partial charge in [0.25, 0.3) is 0 Å². The van der Waals surface area contributed by atoms with Gasteiger partial charge in [-0.15, -0.1) is 0 Å². The van der Waals surface area contributed by atoms with Crippen LogP contribution in [0.1, 0.15) is 0 Å². The van der Waals surface area contributed by atoms with Gasteiger partial charge >= 0.3 is 89.5 Å². The topological polar surface area (TPSA) is 40.6 Å². The van der Waals surface area contributed by atoms with E-state index in [-0.39, 0.29) is 240 Å². The number of rotatable bonds is 20. The van der Waals surface area contributed by atoms with Gasteiger partial charge in [-0.05, 0) is 146 Å². The van der Waals surface area contributed by atoms with E-state index in [1.54, 1.807) is 28.2 Å². The summed E-state index contributed by atoms with van der Waals surface area (Å²) in [5.74, 6) is 3.74. The Morgan fingerprint density at radius 1 is 0.190 bits per heavy atom. The molecule has 0 fully saturated rings. The van der Waals surface area contributed by atoms with Crippen molar-refractivity contribution in [2.45, 2.75) is 0 Å². The summed E-state index contributed by atoms with van der Waals surface area (Å²) < 4.78 is 0. The van der Waals surface area contributed by atoms with Crippen LogP contribution in [0.4, 0.5) is 0 Å². The molecule has 0 saturated carbocycles. The predicted octanol–water partition coefficient (Wildman–Crippen LogP) is 13.4. The molecule has 12 rings (SSSR count). The van der Waals surface area contributed by atoms with E-state index in [1.165, 1.54) is 91.2 Å². The SMILES string of the molecule is CN(C)C=O.CN(C)C=O.[Ag+].[Ag+].[Ag+].[Ag+].[S-2].[S-2].[S-2].[S-2].[S-2].[S-2].[S-2].[S-2].[W].[W].c1ccc([PH+](C[PH+](c2ccccc2)c2ccccc2)c2ccccc2)cc1.c1ccc([PH+](C[PH+](c2ccccc2)c2ccccc2)c2ccccc2)cc1.c1ccc([PH+](C[PH+](c2ccccc2)c2ccccc2)c2ccccc2)cc1. The zero-order chi connectivity index (χ0) is 63.5. The molecular formula is C81H86Ag4N2O2P6S8W2-6. The quantitative estimate of drug-likeness (QED) is 0.0433. The molecule has 0 atom stereocenters. The molecule has 0 aliphatic heterocycles. The number of carbonyl (C=O) groups excluding carboxylic acids is 2. The van der Waals surface area contributed by atoms with Gasteiger partial charge in [0.05, 0.1) is 0 Å². The van der Waals surface area contributed by atoms with Crippen LogP contribution in [-0.2, 0) is 249 Å². The van der Waals surface area contributed by atoms with Crippen molar-refractivity contribution in [3.63, 3.8) is 0 Å². The average Bonchev–Trinajstić information content (AvgIpc) is 0.828. The minimum absolute atomic E-state index is 0. The van der Waals surface area contributed by atoms with Crippen LogP contribution >= 0.6 is 47.5 Å². The van der Waals surface area contributed by atoms with Crippen molar-refractivity contribution in [2.75, 3.05) is 45.9 Å². The molecule has 0 N–H and O–H groups in total. The molecule has 572 valence electrons. The van der Waals surface area contributed by atoms with E-state index in [0.29, 0.717) is 0 Å². The van der Waals surface area contributed by atoms with Crippen LogP contribution in [0.5, 0.6) is 0 Å². The van der Waals surface area contributed by atoms with Crippen LogP contribution in [0.3, 0.4) is 0 Å². The van der Waals surface area contributed by atoms with Crippen LogP contribution in [-0.4, -0.2) is 68.5 Å². The fraction of sp³-hybridized carbons (Fsp3) is 0.0864. The van der Waals surface area contributed by atoms with Crippen LogP contribution in [0.25, 0.3) is 0 Å². The van der Waals surface area contributed by atoms with Crippen LogP contribution < -0.4 is 63.7 Å². The maximum Gasteiger partial charge on any atom is 1.00 e. The number of amides is 2. The summed E-state index contributed by atoms with van der Waals surface area (Å²) in [5, 5.41) is 18.0. The van der Waals surface area contributed by atoms with E-state index in [4.69, 9.17) is 0 Å². The summed E-state index contributed by atoms with van der Waals surface area (Å²) in [4.78, 5) is 21.8. The summed E-state index contributed by atoms with van der Waals surface area (Å²) in [6.07, 6.45) is 1.50. The van der Waals surface area contributed by atoms with Gasteiger partial charge in [0, 0.05) is 70.3 Å². The van der Waals surface area contributed by atoms with E-state index >= 15 is 0 Å². The first-order valence-corrected chi connectivity index (χ1v) is 41.1. The van der Waals surface area contributed by atoms with Gasteiger partial charge in [0.2, 0.25) is 12.8 Å². The van der Waals surface area contributed by atoms with Gasteiger partial charge in [0.1, 0.15) is 111 Å². The number of hydrogen-bond acceptors (Lipinski definition) is 2. The first kappa shape index (κ1) is 118. The first-order valence-electron chi connectivity index (χ1n) is 30.8. The summed E-state index contributed by atoms with van der Waals surface area (Å²) in [6, 6.07) is 133. The number of hydrogen-bond donors (Lipinski definition) is 0. The molecule has 0 saturated heterocycles. The number of carbonyl (C=O) groups is 2. The predicted molar refractivity (Wildman–Crippen MR) is 476 cm³/mol. The second-order valence-electron chi connectivity index (χ2n) is 21.9. The second-order valence-corrected chi connectivity index (χ2v) is 38.8. The van der Waals surface area contributed by atoms with E-state index < -0.39 is 47.5 Å². The van der Waals surface area contributed by atoms with Crippen molar-refractivity contribution in [3.05, 3.63) is 364 Å². The summed E-state index contributed by atoms with van der Waals surface area (Å²) in [6.45, 7) is 0. The molecule has 0 radical (unpaired) electrons. The third-order valence-corrected chi connectivity index (χ3v) is 35.8. The van der Waals surface area contributed by atoms with E-state index in [2.05, 4.69) is 364 Å². The van der Waals surface area contributed by atoms with Crippen molar-refractivity contribution in [2.24, 2.45) is 0 Å². The Morgan fingerprint density at radius 3 is 0.314 bits per heavy atom. The van der Waals surface area contributed by atoms with Crippen LogP contribution in [0, 0.1) is 0 Å². The van der Waals surface area contributed by atoms with Crippen LogP contribution in [0.15, 0.2) is 364 Å². The summed E-state index contributed by atoms with van der Waals surface area (Å²) >= 11 is 0. The number of nitrogens with zero attached hydrogens (tertiary/aromatic N) is 2. The van der Waals surface area contributed by atoms with Gasteiger partial charge < -0.3 is 118 Å². The van der Waals surface area contributed by atoms with Crippen molar-refractivity contribution in [3.8, 4) is 0 Å². The molecule has 12 aromatic rings. The average molecular weight is 2360 g/mol. The Kier molecular flexibility index (Phi) is 78.3. The van der Waals surface area contributed by atoms with Crippen molar-refractivity contribution >= 4 is 232 Å². The number of benzene rings is 12. The minimum atomic E-state index is -0.847. The third-order valence-electron chi connectivity index (χ3n) is 14.9. The fourth-order valence-electron chi connectivity index (χ4n) is 10.4. The van der Waals surface area contributed by atoms with E-state index in [1.807, 2.05) is 0 Å². The Bertz CT molecular complexity index is 3040. The smallest absolute Gasteiger partial charge is 1.00 e. The maximum atomic E-state index is 9.43. The molecule has 0 spiro atoms. The monoisotopic (exact) mass is 2360 g/mol. The van der Waals surface area contributed by atoms with Gasteiger partial charge in [0.15, 0.2) is 17.7 Å². The Labute approximate surface area is 782 Å². The zero-order valence-corrected chi connectivity index (χ0v) is 82.2. The molecule has 4 nitrogen and oxygen atoms in total. The molecular weight excluding hydrogens is 2270 g/mol. The Morgan fingerprint density at radius 2 is 0.257 bits per heavy atom. The fourth-order valence-corrected chi connectivity index (χ4v) is 33.6. The largest absolute Gasteiger partial charge is 2.00 e. The van der Waals surface area contributed by atoms with E-state index in [0.717, 1.165) is 12.8 Å². The molecule has 105 heavy (non-hydrogen) atoms. The molecule has 0 aromatic heterocycles. The normalized spacial score (nSPS) is 9.16. The van der Waals surface area contributed by atoms with Crippen LogP contribution in [0.2, 0.25) is 0 Å². The maximum absolute atomic E-state index is 9.43. The second kappa shape index (κ2) is 70.0. The molecule has 0 heterocycles. The molecule has 12 aromatic carbocycles. The molecule has 0 aliphatic rings.